The van der Waals surface area contributed by atoms with Gasteiger partial charge in [0.1, 0.15) is 18.3 Å². The lowest BCUT2D eigenvalue weighted by Gasteiger charge is -2.38. The highest BCUT2D eigenvalue weighted by Crippen LogP contribution is 2.21. The lowest BCUT2D eigenvalue weighted by molar-refractivity contribution is -0.284. The lowest BCUT2D eigenvalue weighted by atomic mass is 10.0. The predicted octanol–water partition coefficient (Wildman–Crippen LogP) is -1.62. The first-order valence-electron chi connectivity index (χ1n) is 4.30. The Bertz CT molecular complexity index is 218. The Morgan fingerprint density at radius 3 is 2.29 bits per heavy atom. The van der Waals surface area contributed by atoms with Crippen molar-refractivity contribution in [1.82, 2.24) is 0 Å². The molecular weight excluding hydrogens is 192 g/mol. The van der Waals surface area contributed by atoms with Gasteiger partial charge in [0, 0.05) is 6.92 Å². The molecule has 0 aromatic rings. The number of carbonyl (C=O) groups excluding carboxylic acids is 1. The van der Waals surface area contributed by atoms with Crippen LogP contribution in [0.5, 0.6) is 0 Å². The second kappa shape index (κ2) is 4.22. The summed E-state index contributed by atoms with van der Waals surface area (Å²) in [7, 11) is 0. The van der Waals surface area contributed by atoms with E-state index in [0.717, 1.165) is 6.92 Å². The molecule has 14 heavy (non-hydrogen) atoms. The maximum absolute atomic E-state index is 10.6. The first-order chi connectivity index (χ1) is 6.43. The fourth-order valence-electron chi connectivity index (χ4n) is 1.27. The Kier molecular flexibility index (Phi) is 3.43. The van der Waals surface area contributed by atoms with Crippen molar-refractivity contribution in [3.05, 3.63) is 0 Å². The average Bonchev–Trinajstić information content (AvgIpc) is 2.10. The molecule has 0 amide bonds. The topological polar surface area (TPSA) is 96.2 Å². The second-order valence-corrected chi connectivity index (χ2v) is 3.29. The summed E-state index contributed by atoms with van der Waals surface area (Å²) in [6.07, 6.45) is -5.90. The Labute approximate surface area is 81.1 Å². The van der Waals surface area contributed by atoms with Crippen LogP contribution in [0.2, 0.25) is 0 Å². The molecule has 0 bridgehead atoms. The van der Waals surface area contributed by atoms with E-state index in [1.807, 2.05) is 0 Å². The number of rotatable bonds is 1. The molecule has 1 aliphatic heterocycles. The number of hydrogen-bond acceptors (Lipinski definition) is 6. The van der Waals surface area contributed by atoms with Gasteiger partial charge in [-0.2, -0.15) is 0 Å². The summed E-state index contributed by atoms with van der Waals surface area (Å²) in [5, 5.41) is 28.0. The molecule has 82 valence electrons. The van der Waals surface area contributed by atoms with Crippen molar-refractivity contribution >= 4 is 5.97 Å². The summed E-state index contributed by atoms with van der Waals surface area (Å²) >= 11 is 0. The third-order valence-corrected chi connectivity index (χ3v) is 2.09. The highest BCUT2D eigenvalue weighted by molar-refractivity contribution is 5.66. The van der Waals surface area contributed by atoms with Crippen molar-refractivity contribution in [1.29, 1.82) is 0 Å². The van der Waals surface area contributed by atoms with E-state index in [9.17, 15) is 20.1 Å². The van der Waals surface area contributed by atoms with Crippen molar-refractivity contribution in [3.8, 4) is 0 Å². The van der Waals surface area contributed by atoms with Crippen LogP contribution in [0.25, 0.3) is 0 Å². The van der Waals surface area contributed by atoms with E-state index in [0.29, 0.717) is 0 Å². The number of ether oxygens (including phenoxy) is 2. The van der Waals surface area contributed by atoms with Crippen molar-refractivity contribution in [2.24, 2.45) is 0 Å². The summed E-state index contributed by atoms with van der Waals surface area (Å²) in [4.78, 5) is 10.6. The molecule has 0 spiro atoms. The highest BCUT2D eigenvalue weighted by Gasteiger charge is 2.43. The van der Waals surface area contributed by atoms with Gasteiger partial charge in [-0.1, -0.05) is 0 Å². The zero-order valence-electron chi connectivity index (χ0n) is 7.95. The molecular formula is C8H14O6. The fourth-order valence-corrected chi connectivity index (χ4v) is 1.27. The summed E-state index contributed by atoms with van der Waals surface area (Å²) in [5.41, 5.74) is 0. The molecule has 0 saturated carbocycles. The number of esters is 1. The molecule has 0 aliphatic carbocycles. The second-order valence-electron chi connectivity index (χ2n) is 3.29. The molecule has 0 aromatic carbocycles. The van der Waals surface area contributed by atoms with Crippen molar-refractivity contribution in [2.75, 3.05) is 0 Å². The Hall–Kier alpha value is -0.690. The normalized spacial score (nSPS) is 43.4. The molecule has 1 fully saturated rings. The summed E-state index contributed by atoms with van der Waals surface area (Å²) in [5.74, 6) is -0.621. The van der Waals surface area contributed by atoms with Gasteiger partial charge in [-0.15, -0.1) is 0 Å². The van der Waals surface area contributed by atoms with Crippen LogP contribution in [0.3, 0.4) is 0 Å². The van der Waals surface area contributed by atoms with Crippen LogP contribution in [-0.4, -0.2) is 52.0 Å². The number of aliphatic hydroxyl groups excluding tert-OH is 3. The number of aliphatic hydroxyl groups is 3. The van der Waals surface area contributed by atoms with Crippen LogP contribution in [0.4, 0.5) is 0 Å². The van der Waals surface area contributed by atoms with E-state index < -0.39 is 36.7 Å². The molecule has 5 atom stereocenters. The fraction of sp³-hybridized carbons (Fsp3) is 0.875. The van der Waals surface area contributed by atoms with E-state index in [1.54, 1.807) is 0 Å². The van der Waals surface area contributed by atoms with Gasteiger partial charge in [0.05, 0.1) is 6.10 Å². The predicted molar refractivity (Wildman–Crippen MR) is 44.1 cm³/mol. The number of hydrogen-bond donors (Lipinski definition) is 3. The first-order valence-corrected chi connectivity index (χ1v) is 4.30. The van der Waals surface area contributed by atoms with Gasteiger partial charge in [0.15, 0.2) is 0 Å². The molecule has 6 heteroatoms. The summed E-state index contributed by atoms with van der Waals surface area (Å²) in [6, 6.07) is 0. The first kappa shape index (κ1) is 11.4. The van der Waals surface area contributed by atoms with Crippen LogP contribution in [0.15, 0.2) is 0 Å². The zero-order valence-corrected chi connectivity index (χ0v) is 7.95. The van der Waals surface area contributed by atoms with Gasteiger partial charge in [0.2, 0.25) is 6.29 Å². The molecule has 1 saturated heterocycles. The van der Waals surface area contributed by atoms with Crippen molar-refractivity contribution in [2.45, 2.75) is 44.6 Å². The minimum Gasteiger partial charge on any atom is -0.433 e. The van der Waals surface area contributed by atoms with Crippen LogP contribution < -0.4 is 0 Å². The quantitative estimate of drug-likeness (QED) is 0.446. The van der Waals surface area contributed by atoms with Crippen LogP contribution in [0, 0.1) is 0 Å². The maximum atomic E-state index is 10.6. The Morgan fingerprint density at radius 2 is 1.79 bits per heavy atom. The highest BCUT2D eigenvalue weighted by atomic mass is 16.7. The molecule has 1 aliphatic rings. The van der Waals surface area contributed by atoms with E-state index in [-0.39, 0.29) is 0 Å². The van der Waals surface area contributed by atoms with Gasteiger partial charge in [-0.3, -0.25) is 4.79 Å². The van der Waals surface area contributed by atoms with Crippen LogP contribution in [-0.2, 0) is 14.3 Å². The standard InChI is InChI=1S/C8H14O6/c1-3-5(10)6(11)7(12)8(13-3)14-4(2)9/h3,5-8,10-12H,1-2H3/t3-,5+,6+,7+,8+/m1/s1. The van der Waals surface area contributed by atoms with E-state index in [1.165, 1.54) is 6.92 Å². The third-order valence-electron chi connectivity index (χ3n) is 2.09. The largest absolute Gasteiger partial charge is 0.433 e. The molecule has 1 heterocycles. The molecule has 1 rings (SSSR count). The summed E-state index contributed by atoms with van der Waals surface area (Å²) in [6.45, 7) is 2.68. The molecule has 0 unspecified atom stereocenters. The van der Waals surface area contributed by atoms with Gasteiger partial charge in [-0.25, -0.2) is 0 Å². The van der Waals surface area contributed by atoms with Gasteiger partial charge >= 0.3 is 5.97 Å². The average molecular weight is 206 g/mol. The molecule has 3 N–H and O–H groups in total. The molecule has 0 radical (unpaired) electrons. The maximum Gasteiger partial charge on any atom is 0.305 e. The van der Waals surface area contributed by atoms with Gasteiger partial charge in [0.25, 0.3) is 0 Å². The lowest BCUT2D eigenvalue weighted by Crippen LogP contribution is -2.57. The SMILES string of the molecule is CC(=O)O[C@@H]1O[C@H](C)[C@H](O)[C@H](O)[C@@H]1O. The third kappa shape index (κ3) is 2.21. The minimum absolute atomic E-state index is 0.621. The molecule has 6 nitrogen and oxygen atoms in total. The molecule has 0 aromatic heterocycles. The monoisotopic (exact) mass is 206 g/mol. The number of carbonyl (C=O) groups is 1. The summed E-state index contributed by atoms with van der Waals surface area (Å²) < 4.78 is 9.60. The van der Waals surface area contributed by atoms with Crippen molar-refractivity contribution in [3.63, 3.8) is 0 Å². The van der Waals surface area contributed by atoms with Crippen LogP contribution >= 0.6 is 0 Å². The van der Waals surface area contributed by atoms with E-state index >= 15 is 0 Å². The minimum atomic E-state index is -1.43. The smallest absolute Gasteiger partial charge is 0.305 e. The Balaban J connectivity index is 2.65. The van der Waals surface area contributed by atoms with E-state index in [4.69, 9.17) is 4.74 Å². The van der Waals surface area contributed by atoms with Gasteiger partial charge in [-0.05, 0) is 6.92 Å². The Morgan fingerprint density at radius 1 is 1.21 bits per heavy atom. The zero-order chi connectivity index (χ0) is 10.9. The van der Waals surface area contributed by atoms with Gasteiger partial charge < -0.3 is 24.8 Å². The van der Waals surface area contributed by atoms with Crippen molar-refractivity contribution < 1.29 is 29.6 Å². The van der Waals surface area contributed by atoms with E-state index in [2.05, 4.69) is 4.74 Å². The van der Waals surface area contributed by atoms with Crippen LogP contribution in [0.1, 0.15) is 13.8 Å².